The zero-order valence-electron chi connectivity index (χ0n) is 28.5. The molecule has 0 amide bonds. The minimum Gasteiger partial charge on any atom is -0.497 e. The molecule has 10 heteroatoms. The predicted octanol–water partition coefficient (Wildman–Crippen LogP) is 6.26. The summed E-state index contributed by atoms with van der Waals surface area (Å²) in [6, 6.07) is 10.7. The molecule has 2 bridgehead atoms. The molecule has 8 rings (SSSR count). The first-order chi connectivity index (χ1) is 22.8. The molecule has 0 radical (unpaired) electrons. The number of rotatable bonds is 11. The normalized spacial score (nSPS) is 38.3. The van der Waals surface area contributed by atoms with E-state index >= 15 is 0 Å². The highest BCUT2D eigenvalue weighted by Crippen LogP contribution is 2.78. The van der Waals surface area contributed by atoms with E-state index in [4.69, 9.17) is 9.47 Å². The number of carbonyl (C=O) groups is 1. The van der Waals surface area contributed by atoms with Crippen LogP contribution >= 0.6 is 11.3 Å². The molecule has 8 atom stereocenters. The maximum atomic E-state index is 14.8. The number of aliphatic hydroxyl groups is 2. The number of methoxy groups -OCH3 is 2. The zero-order valence-corrected chi connectivity index (χ0v) is 30.1. The van der Waals surface area contributed by atoms with Crippen molar-refractivity contribution in [2.45, 2.75) is 81.1 Å². The molecule has 2 spiro atoms. The Hall–Kier alpha value is -2.34. The topological polar surface area (TPSA) is 113 Å². The van der Waals surface area contributed by atoms with Crippen LogP contribution in [0.3, 0.4) is 0 Å². The van der Waals surface area contributed by atoms with Crippen LogP contribution in [0.4, 0.5) is 0 Å². The predicted molar refractivity (Wildman–Crippen MR) is 185 cm³/mol. The van der Waals surface area contributed by atoms with Crippen LogP contribution in [-0.2, 0) is 14.8 Å². The van der Waals surface area contributed by atoms with E-state index < -0.39 is 38.0 Å². The summed E-state index contributed by atoms with van der Waals surface area (Å²) in [6.45, 7) is 5.17. The van der Waals surface area contributed by atoms with Crippen molar-refractivity contribution in [2.75, 3.05) is 33.9 Å². The molecule has 260 valence electrons. The largest absolute Gasteiger partial charge is 0.497 e. The molecule has 6 aliphatic carbocycles. The van der Waals surface area contributed by atoms with Gasteiger partial charge in [-0.25, -0.2) is 8.42 Å². The van der Waals surface area contributed by atoms with Gasteiger partial charge in [0.2, 0.25) is 0 Å². The molecular weight excluding hydrogens is 647 g/mol. The second kappa shape index (κ2) is 11.9. The molecule has 0 aliphatic heterocycles. The minimum absolute atomic E-state index is 0.00667. The van der Waals surface area contributed by atoms with E-state index in [-0.39, 0.29) is 40.3 Å². The van der Waals surface area contributed by atoms with Gasteiger partial charge >= 0.3 is 0 Å². The van der Waals surface area contributed by atoms with E-state index in [2.05, 4.69) is 32.1 Å². The van der Waals surface area contributed by atoms with Crippen LogP contribution in [0, 0.1) is 33.5 Å². The summed E-state index contributed by atoms with van der Waals surface area (Å²) < 4.78 is 40.4. The highest BCUT2D eigenvalue weighted by Gasteiger charge is 2.74. The van der Waals surface area contributed by atoms with E-state index in [0.29, 0.717) is 43.6 Å². The third kappa shape index (κ3) is 4.73. The van der Waals surface area contributed by atoms with Crippen LogP contribution in [0.25, 0.3) is 0 Å². The third-order valence-corrected chi connectivity index (χ3v) is 16.8. The van der Waals surface area contributed by atoms with Crippen LogP contribution in [0.15, 0.2) is 69.8 Å². The monoisotopic (exact) mass is 695 g/mol. The molecule has 6 aliphatic rings. The summed E-state index contributed by atoms with van der Waals surface area (Å²) in [6.07, 6.45) is 11.7. The lowest BCUT2D eigenvalue weighted by molar-refractivity contribution is -0.173. The maximum absolute atomic E-state index is 14.8. The van der Waals surface area contributed by atoms with Crippen molar-refractivity contribution in [3.63, 3.8) is 0 Å². The quantitative estimate of drug-likeness (QED) is 0.162. The Labute approximate surface area is 288 Å². The van der Waals surface area contributed by atoms with E-state index in [9.17, 15) is 23.4 Å². The fourth-order valence-corrected chi connectivity index (χ4v) is 13.7. The first kappa shape index (κ1) is 34.1. The van der Waals surface area contributed by atoms with Crippen LogP contribution < -0.4 is 4.74 Å². The molecule has 3 fully saturated rings. The fourth-order valence-electron chi connectivity index (χ4n) is 11.0. The fraction of sp³-hybridized carbons (Fsp3) is 0.605. The van der Waals surface area contributed by atoms with Gasteiger partial charge in [0.1, 0.15) is 9.96 Å². The first-order valence-electron chi connectivity index (χ1n) is 17.4. The number of thiophene rings is 1. The maximum Gasteiger partial charge on any atom is 0.252 e. The Morgan fingerprint density at radius 2 is 1.71 bits per heavy atom. The Balaban J connectivity index is 1.32. The average molecular weight is 696 g/mol. The summed E-state index contributed by atoms with van der Waals surface area (Å²) in [7, 11) is -0.626. The van der Waals surface area contributed by atoms with Gasteiger partial charge in [-0.15, -0.1) is 11.3 Å². The van der Waals surface area contributed by atoms with Crippen molar-refractivity contribution in [1.29, 1.82) is 0 Å². The summed E-state index contributed by atoms with van der Waals surface area (Å²) in [4.78, 5) is 14.8. The second-order valence-corrected chi connectivity index (χ2v) is 18.6. The highest BCUT2D eigenvalue weighted by molar-refractivity contribution is 7.91. The standard InChI is InChI=1S/C38H49NO7S2/c1-34-15-12-27(40)23-36(34)18-19-38(29(24-36)33(41)26-8-10-28(46-4)11-9-26)30(34)13-16-35(2)31(38)14-17-37(35,42)25-39(20-6-21-45-3)48(43,44)32-7-5-22-47-32/h5,7-11,18-19,22,24,27,30-31,40,42H,6,12-17,20-21,23,25H2,1-4H3. The van der Waals surface area contributed by atoms with Gasteiger partial charge in [-0.05, 0) is 104 Å². The van der Waals surface area contributed by atoms with Gasteiger partial charge in [0.05, 0.1) is 18.8 Å². The molecule has 1 aromatic heterocycles. The molecule has 3 saturated carbocycles. The summed E-state index contributed by atoms with van der Waals surface area (Å²) >= 11 is 1.19. The van der Waals surface area contributed by atoms with Crippen molar-refractivity contribution < 1.29 is 32.9 Å². The number of ketones is 1. The van der Waals surface area contributed by atoms with Gasteiger partial charge in [0, 0.05) is 54.2 Å². The van der Waals surface area contributed by atoms with Crippen LogP contribution in [0.1, 0.15) is 75.6 Å². The van der Waals surface area contributed by atoms with E-state index in [1.54, 1.807) is 31.7 Å². The van der Waals surface area contributed by atoms with E-state index in [1.807, 2.05) is 24.3 Å². The number of aliphatic hydroxyl groups excluding tert-OH is 1. The van der Waals surface area contributed by atoms with Crippen molar-refractivity contribution >= 4 is 27.1 Å². The summed E-state index contributed by atoms with van der Waals surface area (Å²) in [5, 5.41) is 25.6. The Kier molecular flexibility index (Phi) is 8.44. The third-order valence-electron chi connectivity index (χ3n) is 13.6. The molecule has 8 unspecified atom stereocenters. The number of nitrogens with zero attached hydrogens (tertiary/aromatic N) is 1. The van der Waals surface area contributed by atoms with Crippen molar-refractivity contribution in [3.05, 3.63) is 71.1 Å². The molecule has 1 aromatic carbocycles. The van der Waals surface area contributed by atoms with Gasteiger partial charge < -0.3 is 19.7 Å². The van der Waals surface area contributed by atoms with Crippen LogP contribution in [-0.4, -0.2) is 74.3 Å². The average Bonchev–Trinajstić information content (AvgIpc) is 3.71. The number of allylic oxidation sites excluding steroid dienone is 4. The van der Waals surface area contributed by atoms with Crippen molar-refractivity contribution in [2.24, 2.45) is 33.5 Å². The van der Waals surface area contributed by atoms with Crippen molar-refractivity contribution in [1.82, 2.24) is 4.31 Å². The second-order valence-electron chi connectivity index (χ2n) is 15.5. The lowest BCUT2D eigenvalue weighted by atomic mass is 9.32. The Morgan fingerprint density at radius 3 is 2.40 bits per heavy atom. The Morgan fingerprint density at radius 1 is 1.00 bits per heavy atom. The van der Waals surface area contributed by atoms with E-state index in [1.165, 1.54) is 15.6 Å². The number of hydrogen-bond donors (Lipinski definition) is 2. The lowest BCUT2D eigenvalue weighted by Crippen LogP contribution is -2.67. The van der Waals surface area contributed by atoms with Gasteiger partial charge in [0.15, 0.2) is 5.78 Å². The molecule has 48 heavy (non-hydrogen) atoms. The lowest BCUT2D eigenvalue weighted by Gasteiger charge is -2.71. The SMILES string of the molecule is COCCCN(CC1(O)CCC2C34C=CC5(C=C3C(=O)c3ccc(OC)cc3)CC(O)CCC5(C)C4CCC21C)S(=O)(=O)c1cccs1. The number of sulfonamides is 1. The van der Waals surface area contributed by atoms with E-state index in [0.717, 1.165) is 31.3 Å². The molecule has 0 saturated heterocycles. The smallest absolute Gasteiger partial charge is 0.252 e. The number of fused-ring (bicyclic) bond motifs is 1. The molecule has 2 N–H and O–H groups in total. The number of carbonyl (C=O) groups excluding carboxylic acids is 1. The molecule has 2 aromatic rings. The Bertz CT molecular complexity index is 1720. The number of hydrogen-bond acceptors (Lipinski definition) is 8. The minimum atomic E-state index is -3.84. The molecular formula is C38H49NO7S2. The van der Waals surface area contributed by atoms with Crippen molar-refractivity contribution in [3.8, 4) is 5.75 Å². The number of ether oxygens (including phenoxy) is 2. The zero-order chi connectivity index (χ0) is 34.2. The molecule has 8 nitrogen and oxygen atoms in total. The number of benzene rings is 1. The van der Waals surface area contributed by atoms with Crippen LogP contribution in [0.2, 0.25) is 0 Å². The first-order valence-corrected chi connectivity index (χ1v) is 19.7. The van der Waals surface area contributed by atoms with Gasteiger partial charge in [-0.1, -0.05) is 38.1 Å². The van der Waals surface area contributed by atoms with Gasteiger partial charge in [-0.2, -0.15) is 4.31 Å². The van der Waals surface area contributed by atoms with Gasteiger partial charge in [-0.3, -0.25) is 4.79 Å². The molecule has 1 heterocycles. The highest BCUT2D eigenvalue weighted by atomic mass is 32.2. The van der Waals surface area contributed by atoms with Gasteiger partial charge in [0.25, 0.3) is 10.0 Å². The number of Topliss-reactive ketones (excluding diaryl/α,β-unsaturated/α-hetero) is 1. The van der Waals surface area contributed by atoms with Crippen LogP contribution in [0.5, 0.6) is 5.75 Å². The summed E-state index contributed by atoms with van der Waals surface area (Å²) in [5.41, 5.74) is -1.79. The summed E-state index contributed by atoms with van der Waals surface area (Å²) in [5.74, 6) is 0.736.